The number of nitrogens with zero attached hydrogens (tertiary/aromatic N) is 3. The standard InChI is InChI=1S/C52H31N3O/c1-2-15-33(16-3-1)49-53-50(36-27-26-32-14-4-5-17-34(32)30-36)55-51(54-49)40-21-7-6-18-37(40)35-28-29-41-45(31-35)52(48-47(41)42-22-10-13-25-46(42)56-48)43-23-11-8-19-38(43)39-20-9-12-24-44(39)52/h1-31H. The molecular weight excluding hydrogens is 683 g/mol. The summed E-state index contributed by atoms with van der Waals surface area (Å²) in [6.45, 7) is 0. The molecule has 2 heterocycles. The van der Waals surface area contributed by atoms with Crippen LogP contribution in [-0.2, 0) is 5.41 Å². The van der Waals surface area contributed by atoms with E-state index in [0.717, 1.165) is 49.9 Å². The van der Waals surface area contributed by atoms with Crippen molar-refractivity contribution < 1.29 is 4.42 Å². The summed E-state index contributed by atoms with van der Waals surface area (Å²) in [5.41, 5.74) is 13.8. The van der Waals surface area contributed by atoms with Crippen LogP contribution in [0.2, 0.25) is 0 Å². The Balaban J connectivity index is 1.09. The Kier molecular flexibility index (Phi) is 6.52. The van der Waals surface area contributed by atoms with Crippen LogP contribution in [0.4, 0.5) is 0 Å². The van der Waals surface area contributed by atoms with Crippen molar-refractivity contribution in [1.82, 2.24) is 15.0 Å². The van der Waals surface area contributed by atoms with Gasteiger partial charge in [-0.15, -0.1) is 0 Å². The van der Waals surface area contributed by atoms with Gasteiger partial charge in [-0.05, 0) is 73.5 Å². The maximum Gasteiger partial charge on any atom is 0.164 e. The van der Waals surface area contributed by atoms with Crippen molar-refractivity contribution in [3.63, 3.8) is 0 Å². The number of hydrogen-bond acceptors (Lipinski definition) is 4. The second-order valence-electron chi connectivity index (χ2n) is 14.7. The Morgan fingerprint density at radius 1 is 0.357 bits per heavy atom. The zero-order chi connectivity index (χ0) is 36.8. The molecule has 2 aliphatic carbocycles. The Morgan fingerprint density at radius 3 is 1.73 bits per heavy atom. The van der Waals surface area contributed by atoms with Crippen LogP contribution in [0.15, 0.2) is 192 Å². The molecule has 0 atom stereocenters. The molecule has 0 fully saturated rings. The van der Waals surface area contributed by atoms with Crippen molar-refractivity contribution >= 4 is 21.7 Å². The molecule has 0 unspecified atom stereocenters. The zero-order valence-electron chi connectivity index (χ0n) is 30.1. The largest absolute Gasteiger partial charge is 0.459 e. The van der Waals surface area contributed by atoms with Crippen LogP contribution in [-0.4, -0.2) is 15.0 Å². The lowest BCUT2D eigenvalue weighted by atomic mass is 9.72. The highest BCUT2D eigenvalue weighted by atomic mass is 16.3. The third-order valence-corrected chi connectivity index (χ3v) is 11.7. The first-order valence-corrected chi connectivity index (χ1v) is 19.0. The summed E-state index contributed by atoms with van der Waals surface area (Å²) < 4.78 is 6.99. The summed E-state index contributed by atoms with van der Waals surface area (Å²) >= 11 is 0. The van der Waals surface area contributed by atoms with Gasteiger partial charge in [0.2, 0.25) is 0 Å². The van der Waals surface area contributed by atoms with Gasteiger partial charge in [-0.2, -0.15) is 0 Å². The van der Waals surface area contributed by atoms with Crippen molar-refractivity contribution in [3.05, 3.63) is 211 Å². The van der Waals surface area contributed by atoms with Crippen molar-refractivity contribution in [2.45, 2.75) is 5.41 Å². The molecule has 12 rings (SSSR count). The van der Waals surface area contributed by atoms with Gasteiger partial charge in [-0.3, -0.25) is 0 Å². The fourth-order valence-corrected chi connectivity index (χ4v) is 9.31. The Labute approximate surface area is 323 Å². The molecule has 0 saturated carbocycles. The molecule has 4 nitrogen and oxygen atoms in total. The maximum atomic E-state index is 6.99. The summed E-state index contributed by atoms with van der Waals surface area (Å²) in [4.78, 5) is 15.4. The first kappa shape index (κ1) is 31.0. The minimum absolute atomic E-state index is 0.612. The van der Waals surface area contributed by atoms with E-state index < -0.39 is 5.41 Å². The molecule has 0 radical (unpaired) electrons. The molecule has 0 amide bonds. The van der Waals surface area contributed by atoms with Crippen molar-refractivity contribution in [3.8, 4) is 67.5 Å². The lowest BCUT2D eigenvalue weighted by molar-refractivity contribution is 0.507. The van der Waals surface area contributed by atoms with Crippen LogP contribution in [0.5, 0.6) is 0 Å². The van der Waals surface area contributed by atoms with Gasteiger partial charge in [0.1, 0.15) is 16.8 Å². The highest BCUT2D eigenvalue weighted by molar-refractivity contribution is 6.05. The smallest absolute Gasteiger partial charge is 0.164 e. The number of rotatable bonds is 4. The second kappa shape index (κ2) is 11.8. The van der Waals surface area contributed by atoms with Crippen molar-refractivity contribution in [2.24, 2.45) is 0 Å². The summed E-state index contributed by atoms with van der Waals surface area (Å²) in [5.74, 6) is 2.89. The molecule has 8 aromatic carbocycles. The van der Waals surface area contributed by atoms with E-state index in [9.17, 15) is 0 Å². The summed E-state index contributed by atoms with van der Waals surface area (Å²) in [6, 6.07) is 66.5. The Morgan fingerprint density at radius 2 is 0.946 bits per heavy atom. The van der Waals surface area contributed by atoms with Gasteiger partial charge in [-0.25, -0.2) is 15.0 Å². The van der Waals surface area contributed by atoms with Gasteiger partial charge in [0.05, 0.1) is 0 Å². The van der Waals surface area contributed by atoms with Crippen LogP contribution in [0.1, 0.15) is 22.5 Å². The van der Waals surface area contributed by atoms with E-state index in [2.05, 4.69) is 170 Å². The van der Waals surface area contributed by atoms with E-state index in [1.807, 2.05) is 18.2 Å². The minimum Gasteiger partial charge on any atom is -0.459 e. The van der Waals surface area contributed by atoms with E-state index >= 15 is 0 Å². The first-order valence-electron chi connectivity index (χ1n) is 19.0. The van der Waals surface area contributed by atoms with E-state index in [-0.39, 0.29) is 0 Å². The highest BCUT2D eigenvalue weighted by Gasteiger charge is 2.55. The summed E-state index contributed by atoms with van der Waals surface area (Å²) in [6.07, 6.45) is 0. The van der Waals surface area contributed by atoms with Crippen LogP contribution < -0.4 is 0 Å². The maximum absolute atomic E-state index is 6.99. The van der Waals surface area contributed by atoms with Gasteiger partial charge >= 0.3 is 0 Å². The molecule has 0 aliphatic heterocycles. The number of para-hydroxylation sites is 1. The molecule has 4 heteroatoms. The van der Waals surface area contributed by atoms with Crippen LogP contribution >= 0.6 is 0 Å². The molecule has 0 bridgehead atoms. The molecule has 260 valence electrons. The molecule has 56 heavy (non-hydrogen) atoms. The third kappa shape index (κ3) is 4.32. The number of aromatic nitrogens is 3. The zero-order valence-corrected chi connectivity index (χ0v) is 30.1. The normalized spacial score (nSPS) is 13.1. The lowest BCUT2D eigenvalue weighted by Crippen LogP contribution is -2.25. The van der Waals surface area contributed by atoms with E-state index in [1.165, 1.54) is 44.3 Å². The SMILES string of the molecule is c1ccc(-c2nc(-c3ccc4ccccc4c3)nc(-c3ccccc3-c3ccc4c(c3)C3(c5ccccc5-c5ccccc53)c3oc5ccccc5c3-4)n2)cc1. The Bertz CT molecular complexity index is 3170. The first-order chi connectivity index (χ1) is 27.8. The summed E-state index contributed by atoms with van der Waals surface area (Å²) in [5, 5.41) is 3.45. The predicted octanol–water partition coefficient (Wildman–Crippen LogP) is 12.8. The monoisotopic (exact) mass is 713 g/mol. The number of furan rings is 1. The molecule has 2 aliphatic rings. The van der Waals surface area contributed by atoms with E-state index in [0.29, 0.717) is 17.5 Å². The quantitative estimate of drug-likeness (QED) is 0.182. The topological polar surface area (TPSA) is 51.8 Å². The van der Waals surface area contributed by atoms with Gasteiger partial charge in [0.25, 0.3) is 0 Å². The van der Waals surface area contributed by atoms with Crippen LogP contribution in [0, 0.1) is 0 Å². The predicted molar refractivity (Wildman–Crippen MR) is 225 cm³/mol. The second-order valence-corrected chi connectivity index (χ2v) is 14.7. The average molecular weight is 714 g/mol. The van der Waals surface area contributed by atoms with Crippen LogP contribution in [0.25, 0.3) is 89.3 Å². The molecular formula is C52H31N3O. The lowest BCUT2D eigenvalue weighted by Gasteiger charge is -2.28. The Hall–Kier alpha value is -7.43. The molecule has 0 saturated heterocycles. The average Bonchev–Trinajstić information content (AvgIpc) is 3.90. The van der Waals surface area contributed by atoms with E-state index in [4.69, 9.17) is 19.4 Å². The van der Waals surface area contributed by atoms with E-state index in [1.54, 1.807) is 0 Å². The van der Waals surface area contributed by atoms with Gasteiger partial charge in [-0.1, -0.05) is 170 Å². The number of fused-ring (bicyclic) bond motifs is 13. The third-order valence-electron chi connectivity index (χ3n) is 11.7. The van der Waals surface area contributed by atoms with Gasteiger partial charge in [0, 0.05) is 27.6 Å². The van der Waals surface area contributed by atoms with Gasteiger partial charge < -0.3 is 4.42 Å². The molecule has 10 aromatic rings. The molecule has 0 N–H and O–H groups in total. The van der Waals surface area contributed by atoms with Crippen molar-refractivity contribution in [1.29, 1.82) is 0 Å². The fraction of sp³-hybridized carbons (Fsp3) is 0.0192. The minimum atomic E-state index is -0.612. The fourth-order valence-electron chi connectivity index (χ4n) is 9.31. The molecule has 2 aromatic heterocycles. The van der Waals surface area contributed by atoms with Crippen molar-refractivity contribution in [2.75, 3.05) is 0 Å². The highest BCUT2D eigenvalue weighted by Crippen LogP contribution is 2.64. The number of hydrogen-bond donors (Lipinski definition) is 0. The number of benzene rings is 8. The van der Waals surface area contributed by atoms with Crippen LogP contribution in [0.3, 0.4) is 0 Å². The molecule has 1 spiro atoms. The summed E-state index contributed by atoms with van der Waals surface area (Å²) in [7, 11) is 0. The van der Waals surface area contributed by atoms with Gasteiger partial charge in [0.15, 0.2) is 17.5 Å².